The fraction of sp³-hybridized carbons (Fsp3) is 0.385. The van der Waals surface area contributed by atoms with Crippen LogP contribution >= 0.6 is 0 Å². The number of phenols is 1. The van der Waals surface area contributed by atoms with Crippen LogP contribution in [0.1, 0.15) is 25.7 Å². The van der Waals surface area contributed by atoms with E-state index in [4.69, 9.17) is 4.74 Å². The van der Waals surface area contributed by atoms with E-state index < -0.39 is 0 Å². The third kappa shape index (κ3) is 4.46. The van der Waals surface area contributed by atoms with Crippen molar-refractivity contribution in [2.45, 2.75) is 43.9 Å². The summed E-state index contributed by atoms with van der Waals surface area (Å²) in [6.07, 6.45) is 9.54. The third-order valence-electron chi connectivity index (χ3n) is 7.02. The van der Waals surface area contributed by atoms with Crippen LogP contribution in [0.5, 0.6) is 11.5 Å². The Kier molecular flexibility index (Phi) is 5.81. The Morgan fingerprint density at radius 1 is 1.24 bits per heavy atom. The highest BCUT2D eigenvalue weighted by Crippen LogP contribution is 2.36. The number of H-pyrrole nitrogens is 1. The van der Waals surface area contributed by atoms with E-state index in [0.717, 1.165) is 53.6 Å². The third-order valence-corrected chi connectivity index (χ3v) is 7.02. The van der Waals surface area contributed by atoms with Crippen molar-refractivity contribution in [2.24, 2.45) is 0 Å². The summed E-state index contributed by atoms with van der Waals surface area (Å²) >= 11 is 0. The molecule has 0 unspecified atom stereocenters. The first-order valence-electron chi connectivity index (χ1n) is 11.6. The van der Waals surface area contributed by atoms with Crippen LogP contribution in [0.2, 0.25) is 0 Å². The molecule has 7 heteroatoms. The minimum absolute atomic E-state index is 0.0587. The lowest BCUT2D eigenvalue weighted by Gasteiger charge is -2.40. The van der Waals surface area contributed by atoms with E-state index in [1.165, 1.54) is 6.42 Å². The number of carbonyl (C=O) groups is 1. The molecule has 1 atom stereocenters. The molecular formula is C26H30N4O3. The second-order valence-corrected chi connectivity index (χ2v) is 9.22. The fourth-order valence-electron chi connectivity index (χ4n) is 4.74. The summed E-state index contributed by atoms with van der Waals surface area (Å²) in [4.78, 5) is 16.8. The van der Waals surface area contributed by atoms with Crippen molar-refractivity contribution in [3.8, 4) is 22.6 Å². The second-order valence-electron chi connectivity index (χ2n) is 9.22. The number of likely N-dealkylation sites (tertiary alicyclic amines) is 1. The van der Waals surface area contributed by atoms with Crippen molar-refractivity contribution < 1.29 is 14.6 Å². The quantitative estimate of drug-likeness (QED) is 0.561. The van der Waals surface area contributed by atoms with Gasteiger partial charge in [0, 0.05) is 38.0 Å². The Morgan fingerprint density at radius 3 is 2.76 bits per heavy atom. The van der Waals surface area contributed by atoms with Gasteiger partial charge in [0.1, 0.15) is 17.6 Å². The van der Waals surface area contributed by atoms with Gasteiger partial charge in [-0.25, -0.2) is 0 Å². The number of benzene rings is 2. The van der Waals surface area contributed by atoms with E-state index in [2.05, 4.69) is 22.1 Å². The Balaban J connectivity index is 1.23. The standard InChI is InChI=1S/C26H30N4O3/c1-29-11-3-4-19(29)7-10-26(32)30(2)20-14-22(15-20)33-25-13-18(12-24-23(25)16-27-28-24)17-5-8-21(31)9-6-17/h5-10,12-13,16,19-20,22,31H,3-4,11,14-15H2,1-2H3,(H,27,28)/b10-7+/t19-,20?,22?/m0/s1. The van der Waals surface area contributed by atoms with Gasteiger partial charge >= 0.3 is 0 Å². The molecule has 2 aliphatic rings. The number of nitrogens with one attached hydrogen (secondary N) is 1. The number of hydrogen-bond acceptors (Lipinski definition) is 5. The first-order valence-corrected chi connectivity index (χ1v) is 11.6. The van der Waals surface area contributed by atoms with E-state index in [-0.39, 0.29) is 23.8 Å². The summed E-state index contributed by atoms with van der Waals surface area (Å²) in [5.74, 6) is 1.08. The molecule has 1 saturated heterocycles. The van der Waals surface area contributed by atoms with Crippen molar-refractivity contribution in [2.75, 3.05) is 20.6 Å². The van der Waals surface area contributed by atoms with Crippen molar-refractivity contribution in [3.05, 3.63) is 54.7 Å². The summed E-state index contributed by atoms with van der Waals surface area (Å²) in [6.45, 7) is 1.10. The predicted molar refractivity (Wildman–Crippen MR) is 128 cm³/mol. The number of rotatable bonds is 6. The van der Waals surface area contributed by atoms with Crippen molar-refractivity contribution in [3.63, 3.8) is 0 Å². The fourth-order valence-corrected chi connectivity index (χ4v) is 4.74. The van der Waals surface area contributed by atoms with Gasteiger partial charge in [-0.3, -0.25) is 14.8 Å². The summed E-state index contributed by atoms with van der Waals surface area (Å²) in [7, 11) is 3.99. The van der Waals surface area contributed by atoms with Crippen LogP contribution in [0.4, 0.5) is 0 Å². The van der Waals surface area contributed by atoms with Crippen molar-refractivity contribution >= 4 is 16.8 Å². The number of nitrogens with zero attached hydrogens (tertiary/aromatic N) is 3. The molecule has 0 bridgehead atoms. The van der Waals surface area contributed by atoms with Gasteiger partial charge in [-0.1, -0.05) is 18.2 Å². The van der Waals surface area contributed by atoms with Gasteiger partial charge in [-0.05, 0) is 61.8 Å². The van der Waals surface area contributed by atoms with E-state index in [9.17, 15) is 9.90 Å². The topological polar surface area (TPSA) is 81.7 Å². The first kappa shape index (κ1) is 21.5. The molecule has 0 radical (unpaired) electrons. The number of aromatic hydroxyl groups is 1. The molecule has 2 aromatic carbocycles. The van der Waals surface area contributed by atoms with Crippen LogP contribution in [0.15, 0.2) is 54.7 Å². The molecule has 2 N–H and O–H groups in total. The lowest BCUT2D eigenvalue weighted by Crippen LogP contribution is -2.49. The summed E-state index contributed by atoms with van der Waals surface area (Å²) < 4.78 is 6.35. The number of hydrogen-bond donors (Lipinski definition) is 2. The Labute approximate surface area is 193 Å². The molecule has 0 spiro atoms. The maximum absolute atomic E-state index is 12.6. The molecule has 1 amide bonds. The highest BCUT2D eigenvalue weighted by molar-refractivity contribution is 5.90. The van der Waals surface area contributed by atoms with Crippen molar-refractivity contribution in [1.82, 2.24) is 20.0 Å². The van der Waals surface area contributed by atoms with Crippen LogP contribution in [0.3, 0.4) is 0 Å². The van der Waals surface area contributed by atoms with Crippen LogP contribution in [0, 0.1) is 0 Å². The molecule has 5 rings (SSSR count). The SMILES string of the molecule is CN(C(=O)/C=C/[C@@H]1CCCN1C)C1CC(Oc2cc(-c3ccc(O)cc3)cc3[nH]ncc23)C1. The lowest BCUT2D eigenvalue weighted by molar-refractivity contribution is -0.130. The predicted octanol–water partition coefficient (Wildman–Crippen LogP) is 3.95. The summed E-state index contributed by atoms with van der Waals surface area (Å²) in [5, 5.41) is 17.7. The average molecular weight is 447 g/mol. The summed E-state index contributed by atoms with van der Waals surface area (Å²) in [5.41, 5.74) is 2.89. The molecule has 2 fully saturated rings. The van der Waals surface area contributed by atoms with Gasteiger partial charge in [0.25, 0.3) is 0 Å². The Morgan fingerprint density at radius 2 is 2.03 bits per heavy atom. The maximum Gasteiger partial charge on any atom is 0.246 e. The normalized spacial score (nSPS) is 23.2. The van der Waals surface area contributed by atoms with Crippen LogP contribution in [0.25, 0.3) is 22.0 Å². The highest BCUT2D eigenvalue weighted by atomic mass is 16.5. The lowest BCUT2D eigenvalue weighted by atomic mass is 9.88. The molecule has 1 saturated carbocycles. The number of fused-ring (bicyclic) bond motifs is 1. The largest absolute Gasteiger partial charge is 0.508 e. The number of aromatic nitrogens is 2. The summed E-state index contributed by atoms with van der Waals surface area (Å²) in [6, 6.07) is 11.7. The molecule has 1 aliphatic heterocycles. The zero-order valence-electron chi connectivity index (χ0n) is 19.1. The van der Waals surface area contributed by atoms with Gasteiger partial charge in [0.2, 0.25) is 5.91 Å². The minimum Gasteiger partial charge on any atom is -0.508 e. The van der Waals surface area contributed by atoms with E-state index in [1.54, 1.807) is 24.4 Å². The zero-order chi connectivity index (χ0) is 22.9. The molecule has 33 heavy (non-hydrogen) atoms. The zero-order valence-corrected chi connectivity index (χ0v) is 19.1. The first-order chi connectivity index (χ1) is 16.0. The molecule has 2 heterocycles. The van der Waals surface area contributed by atoms with Crippen LogP contribution in [-0.4, -0.2) is 69.8 Å². The highest BCUT2D eigenvalue weighted by Gasteiger charge is 2.35. The maximum atomic E-state index is 12.6. The van der Waals surface area contributed by atoms with Gasteiger partial charge in [0.15, 0.2) is 0 Å². The van der Waals surface area contributed by atoms with Gasteiger partial charge in [-0.2, -0.15) is 5.10 Å². The Bertz CT molecular complexity index is 1160. The number of ether oxygens (including phenoxy) is 1. The molecule has 1 aromatic heterocycles. The van der Waals surface area contributed by atoms with Gasteiger partial charge in [0.05, 0.1) is 17.1 Å². The number of aromatic amines is 1. The minimum atomic E-state index is 0.0587. The number of amides is 1. The van der Waals surface area contributed by atoms with E-state index in [1.807, 2.05) is 42.3 Å². The molecular weight excluding hydrogens is 416 g/mol. The average Bonchev–Trinajstić information content (AvgIpc) is 3.42. The monoisotopic (exact) mass is 446 g/mol. The van der Waals surface area contributed by atoms with Gasteiger partial charge < -0.3 is 14.7 Å². The van der Waals surface area contributed by atoms with Gasteiger partial charge in [-0.15, -0.1) is 0 Å². The van der Waals surface area contributed by atoms with Crippen LogP contribution < -0.4 is 4.74 Å². The van der Waals surface area contributed by atoms with E-state index >= 15 is 0 Å². The number of carbonyl (C=O) groups excluding carboxylic acids is 1. The molecule has 1 aliphatic carbocycles. The smallest absolute Gasteiger partial charge is 0.246 e. The Hall–Kier alpha value is -3.32. The number of phenolic OH excluding ortho intramolecular Hbond substituents is 1. The number of likely N-dealkylation sites (N-methyl/N-ethyl adjacent to an activating group) is 2. The van der Waals surface area contributed by atoms with Crippen molar-refractivity contribution in [1.29, 1.82) is 0 Å². The van der Waals surface area contributed by atoms with Crippen LogP contribution in [-0.2, 0) is 4.79 Å². The molecule has 172 valence electrons. The second kappa shape index (κ2) is 8.90. The van der Waals surface area contributed by atoms with E-state index in [0.29, 0.717) is 6.04 Å². The molecule has 7 nitrogen and oxygen atoms in total. The molecule has 3 aromatic rings.